The Labute approximate surface area is 120 Å². The number of halogens is 1. The molecule has 1 aliphatic heterocycles. The Bertz CT molecular complexity index is 625. The van der Waals surface area contributed by atoms with Gasteiger partial charge in [-0.1, -0.05) is 29.8 Å². The van der Waals surface area contributed by atoms with Gasteiger partial charge in [-0.3, -0.25) is 4.79 Å². The van der Waals surface area contributed by atoms with Gasteiger partial charge in [-0.05, 0) is 18.9 Å². The van der Waals surface area contributed by atoms with Crippen LogP contribution in [-0.4, -0.2) is 35.1 Å². The van der Waals surface area contributed by atoms with Crippen LogP contribution in [0.2, 0.25) is 5.02 Å². The van der Waals surface area contributed by atoms with Crippen molar-refractivity contribution < 1.29 is 9.90 Å². The molecule has 2 heterocycles. The number of hydrogen-bond donors (Lipinski definition) is 1. The Morgan fingerprint density at radius 1 is 1.42 bits per heavy atom. The second-order valence-corrected chi connectivity index (χ2v) is 6.22. The standard InChI is InChI=1S/C14H14ClNO2S/c15-12-10-5-1-2-6-11(10)19-13(12)14(18)16-7-3-4-9(17)8-16/h1-2,5-6,9,17H,3-4,7-8H2/t9-/m0/s1. The average Bonchev–Trinajstić information content (AvgIpc) is 2.76. The summed E-state index contributed by atoms with van der Waals surface area (Å²) in [5.74, 6) is -0.0649. The quantitative estimate of drug-likeness (QED) is 0.878. The van der Waals surface area contributed by atoms with Crippen LogP contribution in [0.3, 0.4) is 0 Å². The molecule has 1 aromatic carbocycles. The van der Waals surface area contributed by atoms with Gasteiger partial charge in [0.2, 0.25) is 0 Å². The number of hydrogen-bond acceptors (Lipinski definition) is 3. The van der Waals surface area contributed by atoms with Crippen molar-refractivity contribution in [3.8, 4) is 0 Å². The molecule has 3 nitrogen and oxygen atoms in total. The number of β-amino-alcohol motifs (C(OH)–C–C–N with tert-alkyl or cyclic N) is 1. The summed E-state index contributed by atoms with van der Waals surface area (Å²) in [6.45, 7) is 1.10. The minimum Gasteiger partial charge on any atom is -0.391 e. The van der Waals surface area contributed by atoms with E-state index in [2.05, 4.69) is 0 Å². The molecule has 1 atom stereocenters. The highest BCUT2D eigenvalue weighted by molar-refractivity contribution is 7.21. The number of amides is 1. The molecule has 1 saturated heterocycles. The summed E-state index contributed by atoms with van der Waals surface area (Å²) in [5.41, 5.74) is 0. The zero-order valence-electron chi connectivity index (χ0n) is 10.3. The second-order valence-electron chi connectivity index (χ2n) is 4.79. The summed E-state index contributed by atoms with van der Waals surface area (Å²) in [7, 11) is 0. The molecule has 0 bridgehead atoms. The van der Waals surface area contributed by atoms with Gasteiger partial charge in [0.15, 0.2) is 0 Å². The first-order chi connectivity index (χ1) is 9.16. The van der Waals surface area contributed by atoms with Crippen molar-refractivity contribution in [1.82, 2.24) is 4.90 Å². The number of fused-ring (bicyclic) bond motifs is 1. The lowest BCUT2D eigenvalue weighted by atomic mass is 10.1. The molecule has 1 aromatic heterocycles. The molecule has 100 valence electrons. The summed E-state index contributed by atoms with van der Waals surface area (Å²) in [4.78, 5) is 14.8. The lowest BCUT2D eigenvalue weighted by Gasteiger charge is -2.29. The van der Waals surface area contributed by atoms with E-state index >= 15 is 0 Å². The van der Waals surface area contributed by atoms with Gasteiger partial charge in [0, 0.05) is 23.2 Å². The van der Waals surface area contributed by atoms with Crippen LogP contribution in [-0.2, 0) is 0 Å². The number of benzene rings is 1. The Morgan fingerprint density at radius 3 is 2.95 bits per heavy atom. The third-order valence-electron chi connectivity index (χ3n) is 3.41. The van der Waals surface area contributed by atoms with Crippen molar-refractivity contribution >= 4 is 38.9 Å². The Balaban J connectivity index is 1.95. The fourth-order valence-electron chi connectivity index (χ4n) is 2.43. The van der Waals surface area contributed by atoms with E-state index in [1.54, 1.807) is 4.90 Å². The number of nitrogens with zero attached hydrogens (tertiary/aromatic N) is 1. The average molecular weight is 296 g/mol. The van der Waals surface area contributed by atoms with Gasteiger partial charge in [-0.25, -0.2) is 0 Å². The zero-order chi connectivity index (χ0) is 13.4. The number of rotatable bonds is 1. The lowest BCUT2D eigenvalue weighted by molar-refractivity contribution is 0.0478. The highest BCUT2D eigenvalue weighted by atomic mass is 35.5. The molecule has 2 aromatic rings. The van der Waals surface area contributed by atoms with Crippen molar-refractivity contribution in [3.05, 3.63) is 34.2 Å². The number of carbonyl (C=O) groups excluding carboxylic acids is 1. The van der Waals surface area contributed by atoms with E-state index in [1.165, 1.54) is 11.3 Å². The minimum absolute atomic E-state index is 0.0649. The molecule has 0 radical (unpaired) electrons. The van der Waals surface area contributed by atoms with Gasteiger partial charge in [0.1, 0.15) is 4.88 Å². The van der Waals surface area contributed by atoms with Gasteiger partial charge < -0.3 is 10.0 Å². The maximum absolute atomic E-state index is 12.5. The smallest absolute Gasteiger partial charge is 0.265 e. The van der Waals surface area contributed by atoms with Gasteiger partial charge in [-0.2, -0.15) is 0 Å². The van der Waals surface area contributed by atoms with Crippen LogP contribution < -0.4 is 0 Å². The fraction of sp³-hybridized carbons (Fsp3) is 0.357. The zero-order valence-corrected chi connectivity index (χ0v) is 11.9. The molecule has 0 spiro atoms. The molecule has 0 aliphatic carbocycles. The maximum atomic E-state index is 12.5. The topological polar surface area (TPSA) is 40.5 Å². The number of piperidine rings is 1. The Kier molecular flexibility index (Phi) is 3.48. The largest absolute Gasteiger partial charge is 0.391 e. The van der Waals surface area contributed by atoms with E-state index < -0.39 is 6.10 Å². The van der Waals surface area contributed by atoms with Gasteiger partial charge >= 0.3 is 0 Å². The molecule has 3 rings (SSSR count). The van der Waals surface area contributed by atoms with Crippen molar-refractivity contribution in [3.63, 3.8) is 0 Å². The number of thiophene rings is 1. The summed E-state index contributed by atoms with van der Waals surface area (Å²) >= 11 is 7.73. The van der Waals surface area contributed by atoms with Crippen LogP contribution in [0.25, 0.3) is 10.1 Å². The summed E-state index contributed by atoms with van der Waals surface area (Å²) in [5, 5.41) is 11.1. The molecule has 1 aliphatic rings. The Hall–Kier alpha value is -1.10. The SMILES string of the molecule is O=C(c1sc2ccccc2c1Cl)N1CCC[C@H](O)C1. The first-order valence-corrected chi connectivity index (χ1v) is 7.50. The van der Waals surface area contributed by atoms with Crippen LogP contribution in [0.15, 0.2) is 24.3 Å². The van der Waals surface area contributed by atoms with Crippen molar-refractivity contribution in [2.75, 3.05) is 13.1 Å². The Morgan fingerprint density at radius 2 is 2.21 bits per heavy atom. The van der Waals surface area contributed by atoms with Crippen molar-refractivity contribution in [2.24, 2.45) is 0 Å². The molecule has 0 saturated carbocycles. The van der Waals surface area contributed by atoms with Crippen molar-refractivity contribution in [1.29, 1.82) is 0 Å². The van der Waals surface area contributed by atoms with E-state index in [9.17, 15) is 9.90 Å². The van der Waals surface area contributed by atoms with Crippen LogP contribution >= 0.6 is 22.9 Å². The van der Waals surface area contributed by atoms with E-state index in [0.717, 1.165) is 22.9 Å². The highest BCUT2D eigenvalue weighted by Gasteiger charge is 2.26. The molecular weight excluding hydrogens is 282 g/mol. The van der Waals surface area contributed by atoms with E-state index in [-0.39, 0.29) is 5.91 Å². The first-order valence-electron chi connectivity index (χ1n) is 6.31. The molecule has 1 fully saturated rings. The van der Waals surface area contributed by atoms with Crippen LogP contribution in [0.4, 0.5) is 0 Å². The maximum Gasteiger partial charge on any atom is 0.265 e. The second kappa shape index (κ2) is 5.12. The monoisotopic (exact) mass is 295 g/mol. The number of aliphatic hydroxyl groups is 1. The van der Waals surface area contributed by atoms with Crippen LogP contribution in [0.5, 0.6) is 0 Å². The van der Waals surface area contributed by atoms with E-state index in [1.807, 2.05) is 24.3 Å². The molecule has 0 unspecified atom stereocenters. The highest BCUT2D eigenvalue weighted by Crippen LogP contribution is 2.36. The molecule has 5 heteroatoms. The lowest BCUT2D eigenvalue weighted by Crippen LogP contribution is -2.41. The molecular formula is C14H14ClNO2S. The van der Waals surface area contributed by atoms with Gasteiger partial charge in [0.25, 0.3) is 5.91 Å². The number of aliphatic hydroxyl groups excluding tert-OH is 1. The summed E-state index contributed by atoms with van der Waals surface area (Å²) < 4.78 is 1.02. The van der Waals surface area contributed by atoms with Crippen molar-refractivity contribution in [2.45, 2.75) is 18.9 Å². The predicted octanol–water partition coefficient (Wildman–Crippen LogP) is 3.15. The van der Waals surface area contributed by atoms with Gasteiger partial charge in [-0.15, -0.1) is 11.3 Å². The molecule has 19 heavy (non-hydrogen) atoms. The van der Waals surface area contributed by atoms with Crippen LogP contribution in [0.1, 0.15) is 22.5 Å². The summed E-state index contributed by atoms with van der Waals surface area (Å²) in [6.07, 6.45) is 1.20. The minimum atomic E-state index is -0.411. The van der Waals surface area contributed by atoms with E-state index in [4.69, 9.17) is 11.6 Å². The third-order valence-corrected chi connectivity index (χ3v) is 5.08. The number of likely N-dealkylation sites (tertiary alicyclic amines) is 1. The molecule has 1 N–H and O–H groups in total. The first kappa shape index (κ1) is 12.9. The van der Waals surface area contributed by atoms with Gasteiger partial charge in [0.05, 0.1) is 11.1 Å². The predicted molar refractivity (Wildman–Crippen MR) is 78.0 cm³/mol. The third kappa shape index (κ3) is 2.36. The van der Waals surface area contributed by atoms with Crippen LogP contribution in [0, 0.1) is 0 Å². The molecule has 1 amide bonds. The van der Waals surface area contributed by atoms with E-state index in [0.29, 0.717) is 23.0 Å². The fourth-order valence-corrected chi connectivity index (χ4v) is 3.91. The number of carbonyl (C=O) groups is 1. The summed E-state index contributed by atoms with van der Waals surface area (Å²) in [6, 6.07) is 7.75. The normalized spacial score (nSPS) is 19.9.